The van der Waals surface area contributed by atoms with Crippen molar-refractivity contribution in [2.45, 2.75) is 12.1 Å². The molecular weight excluding hydrogens is 248 g/mol. The van der Waals surface area contributed by atoms with Gasteiger partial charge in [-0.3, -0.25) is 20.2 Å². The van der Waals surface area contributed by atoms with Crippen LogP contribution in [0, 0.1) is 20.2 Å². The first-order valence-corrected chi connectivity index (χ1v) is 4.63. The number of aliphatic carboxylic acids is 1. The number of carboxylic acids is 1. The molecule has 0 amide bonds. The van der Waals surface area contributed by atoms with Gasteiger partial charge in [0, 0.05) is 22.6 Å². The minimum absolute atomic E-state index is 0.246. The van der Waals surface area contributed by atoms with Gasteiger partial charge >= 0.3 is 5.97 Å². The summed E-state index contributed by atoms with van der Waals surface area (Å²) in [6, 6.07) is 2.33. The number of benzene rings is 1. The van der Waals surface area contributed by atoms with E-state index in [0.717, 1.165) is 18.2 Å². The van der Waals surface area contributed by atoms with Crippen LogP contribution in [0.5, 0.6) is 0 Å². The fourth-order valence-electron chi connectivity index (χ4n) is 1.38. The lowest BCUT2D eigenvalue weighted by molar-refractivity contribution is -0.538. The van der Waals surface area contributed by atoms with Gasteiger partial charge in [0.25, 0.3) is 11.7 Å². The number of non-ortho nitro benzene ring substituents is 1. The summed E-state index contributed by atoms with van der Waals surface area (Å²) in [5, 5.41) is 39.0. The minimum Gasteiger partial charge on any atom is -0.479 e. The maximum absolute atomic E-state index is 10.7. The molecule has 96 valence electrons. The summed E-state index contributed by atoms with van der Waals surface area (Å²) < 4.78 is 0. The molecule has 0 aliphatic heterocycles. The molecule has 2 N–H and O–H groups in total. The van der Waals surface area contributed by atoms with Crippen LogP contribution in [-0.2, 0) is 4.79 Å². The van der Waals surface area contributed by atoms with Gasteiger partial charge in [-0.15, -0.1) is 0 Å². The van der Waals surface area contributed by atoms with Crippen molar-refractivity contribution in [3.63, 3.8) is 0 Å². The van der Waals surface area contributed by atoms with Crippen LogP contribution in [0.3, 0.4) is 0 Å². The molecule has 0 aromatic heterocycles. The Labute approximate surface area is 99.6 Å². The molecule has 18 heavy (non-hydrogen) atoms. The number of hydrogen-bond acceptors (Lipinski definition) is 6. The fourth-order valence-corrected chi connectivity index (χ4v) is 1.38. The molecule has 1 rings (SSSR count). The van der Waals surface area contributed by atoms with Crippen LogP contribution in [0.1, 0.15) is 11.6 Å². The van der Waals surface area contributed by atoms with Crippen molar-refractivity contribution in [3.05, 3.63) is 50.1 Å². The van der Waals surface area contributed by atoms with Crippen LogP contribution in [0.2, 0.25) is 0 Å². The normalized spacial score (nSPS) is 13.6. The first kappa shape index (κ1) is 13.5. The summed E-state index contributed by atoms with van der Waals surface area (Å²) in [6.07, 6.45) is -2.28. The number of rotatable bonds is 5. The standard InChI is InChI=1S/C9H8N2O7/c12-8(9(13)14)7(11(17)18)5-2-1-3-6(4-5)10(15)16/h1-4,7-8,12H,(H,13,14). The van der Waals surface area contributed by atoms with E-state index in [4.69, 9.17) is 5.11 Å². The average molecular weight is 256 g/mol. The molecule has 2 unspecified atom stereocenters. The Kier molecular flexibility index (Phi) is 3.89. The molecule has 2 atom stereocenters. The molecule has 9 nitrogen and oxygen atoms in total. The Hall–Kier alpha value is -2.55. The van der Waals surface area contributed by atoms with Crippen LogP contribution in [0.15, 0.2) is 24.3 Å². The number of carbonyl (C=O) groups is 1. The van der Waals surface area contributed by atoms with E-state index in [9.17, 15) is 30.1 Å². The van der Waals surface area contributed by atoms with E-state index in [0.29, 0.717) is 0 Å². The second-order valence-corrected chi connectivity index (χ2v) is 3.37. The first-order valence-electron chi connectivity index (χ1n) is 4.63. The molecule has 0 fully saturated rings. The van der Waals surface area contributed by atoms with Gasteiger partial charge in [0.15, 0.2) is 0 Å². The maximum Gasteiger partial charge on any atom is 0.340 e. The van der Waals surface area contributed by atoms with E-state index in [1.807, 2.05) is 0 Å². The molecule has 0 saturated carbocycles. The zero-order chi connectivity index (χ0) is 13.9. The number of nitro benzene ring substituents is 1. The van der Waals surface area contributed by atoms with E-state index in [2.05, 4.69) is 0 Å². The smallest absolute Gasteiger partial charge is 0.340 e. The Morgan fingerprint density at radius 1 is 1.28 bits per heavy atom. The average Bonchev–Trinajstić information content (AvgIpc) is 2.28. The number of aliphatic hydroxyl groups is 1. The zero-order valence-corrected chi connectivity index (χ0v) is 8.79. The van der Waals surface area contributed by atoms with Gasteiger partial charge in [0.2, 0.25) is 6.10 Å². The highest BCUT2D eigenvalue weighted by Gasteiger charge is 2.37. The maximum atomic E-state index is 10.7. The lowest BCUT2D eigenvalue weighted by atomic mass is 10.0. The molecule has 0 bridgehead atoms. The topological polar surface area (TPSA) is 144 Å². The predicted molar refractivity (Wildman–Crippen MR) is 56.5 cm³/mol. The van der Waals surface area contributed by atoms with Gasteiger partial charge in [-0.2, -0.15) is 0 Å². The van der Waals surface area contributed by atoms with Crippen LogP contribution in [0.4, 0.5) is 5.69 Å². The Morgan fingerprint density at radius 3 is 2.33 bits per heavy atom. The molecule has 0 aliphatic rings. The Morgan fingerprint density at radius 2 is 1.89 bits per heavy atom. The van der Waals surface area contributed by atoms with Crippen molar-refractivity contribution < 1.29 is 24.9 Å². The van der Waals surface area contributed by atoms with Gasteiger partial charge in [0.05, 0.1) is 4.92 Å². The molecule has 0 radical (unpaired) electrons. The van der Waals surface area contributed by atoms with Crippen molar-refractivity contribution in [1.82, 2.24) is 0 Å². The third kappa shape index (κ3) is 2.77. The third-order valence-electron chi connectivity index (χ3n) is 2.20. The summed E-state index contributed by atoms with van der Waals surface area (Å²) in [7, 11) is 0. The fraction of sp³-hybridized carbons (Fsp3) is 0.222. The number of nitrogens with zero attached hydrogens (tertiary/aromatic N) is 2. The molecule has 0 saturated heterocycles. The summed E-state index contributed by atoms with van der Waals surface area (Å²) >= 11 is 0. The van der Waals surface area contributed by atoms with Crippen molar-refractivity contribution in [2.24, 2.45) is 0 Å². The van der Waals surface area contributed by atoms with E-state index in [1.165, 1.54) is 6.07 Å². The second-order valence-electron chi connectivity index (χ2n) is 3.37. The summed E-state index contributed by atoms with van der Waals surface area (Å²) in [6.45, 7) is 0. The van der Waals surface area contributed by atoms with Crippen LogP contribution < -0.4 is 0 Å². The van der Waals surface area contributed by atoms with Gasteiger partial charge in [-0.05, 0) is 0 Å². The van der Waals surface area contributed by atoms with Crippen LogP contribution in [-0.4, -0.2) is 32.1 Å². The summed E-state index contributed by atoms with van der Waals surface area (Å²) in [4.78, 5) is 30.0. The number of aliphatic hydroxyl groups excluding tert-OH is 1. The minimum atomic E-state index is -2.28. The highest BCUT2D eigenvalue weighted by molar-refractivity contribution is 5.73. The Bertz CT molecular complexity index is 501. The van der Waals surface area contributed by atoms with Crippen molar-refractivity contribution >= 4 is 11.7 Å². The van der Waals surface area contributed by atoms with E-state index in [1.54, 1.807) is 0 Å². The lowest BCUT2D eigenvalue weighted by Crippen LogP contribution is -2.32. The van der Waals surface area contributed by atoms with Gasteiger partial charge in [-0.25, -0.2) is 4.79 Å². The highest BCUT2D eigenvalue weighted by Crippen LogP contribution is 2.24. The second kappa shape index (κ2) is 5.19. The molecule has 0 spiro atoms. The summed E-state index contributed by atoms with van der Waals surface area (Å²) in [5.41, 5.74) is -0.666. The number of carboxylic acid groups (broad SMARTS) is 1. The number of hydrogen-bond donors (Lipinski definition) is 2. The van der Waals surface area contributed by atoms with E-state index < -0.39 is 33.6 Å². The lowest BCUT2D eigenvalue weighted by Gasteiger charge is -2.12. The largest absolute Gasteiger partial charge is 0.479 e. The Balaban J connectivity index is 3.22. The monoisotopic (exact) mass is 256 g/mol. The molecule has 0 aliphatic carbocycles. The van der Waals surface area contributed by atoms with Crippen LogP contribution >= 0.6 is 0 Å². The molecule has 0 heterocycles. The van der Waals surface area contributed by atoms with Crippen molar-refractivity contribution in [3.8, 4) is 0 Å². The predicted octanol–water partition coefficient (Wildman–Crippen LogP) is 0.358. The van der Waals surface area contributed by atoms with Gasteiger partial charge in [0.1, 0.15) is 0 Å². The molecule has 9 heteroatoms. The van der Waals surface area contributed by atoms with Gasteiger partial charge in [-0.1, -0.05) is 12.1 Å². The third-order valence-corrected chi connectivity index (χ3v) is 2.20. The molecule has 1 aromatic carbocycles. The van der Waals surface area contributed by atoms with Crippen molar-refractivity contribution in [2.75, 3.05) is 0 Å². The first-order chi connectivity index (χ1) is 8.34. The van der Waals surface area contributed by atoms with Crippen molar-refractivity contribution in [1.29, 1.82) is 0 Å². The van der Waals surface area contributed by atoms with Gasteiger partial charge < -0.3 is 10.2 Å². The van der Waals surface area contributed by atoms with Crippen LogP contribution in [0.25, 0.3) is 0 Å². The molecular formula is C9H8N2O7. The molecule has 1 aromatic rings. The highest BCUT2D eigenvalue weighted by atomic mass is 16.6. The summed E-state index contributed by atoms with van der Waals surface area (Å²) in [5.74, 6) is -1.77. The SMILES string of the molecule is O=C(O)C(O)C(c1cccc([N+](=O)[O-])c1)[N+](=O)[O-]. The van der Waals surface area contributed by atoms with E-state index >= 15 is 0 Å². The quantitative estimate of drug-likeness (QED) is 0.571. The number of nitro groups is 2. The zero-order valence-electron chi connectivity index (χ0n) is 8.79. The van der Waals surface area contributed by atoms with E-state index in [-0.39, 0.29) is 5.56 Å².